The number of pyridine rings is 2. The van der Waals surface area contributed by atoms with E-state index in [2.05, 4.69) is 57.4 Å². The van der Waals surface area contributed by atoms with Gasteiger partial charge < -0.3 is 10.6 Å². The van der Waals surface area contributed by atoms with Gasteiger partial charge in [-0.1, -0.05) is 49.0 Å². The summed E-state index contributed by atoms with van der Waals surface area (Å²) in [4.78, 5) is 30.7. The highest BCUT2D eigenvalue weighted by Crippen LogP contribution is 2.41. The summed E-state index contributed by atoms with van der Waals surface area (Å²) < 4.78 is 2.08. The largest absolute Gasteiger partial charge is 0.383 e. The topological polar surface area (TPSA) is 93.2 Å². The summed E-state index contributed by atoms with van der Waals surface area (Å²) in [5.41, 5.74) is 13.1. The van der Waals surface area contributed by atoms with Crippen molar-refractivity contribution in [1.82, 2.24) is 29.3 Å². The minimum absolute atomic E-state index is 0.0506. The number of hydrogen-bond donors (Lipinski definition) is 1. The molecular formula is C34H33N7O. The van der Waals surface area contributed by atoms with Gasteiger partial charge in [0.15, 0.2) is 11.5 Å². The van der Waals surface area contributed by atoms with Crippen LogP contribution >= 0.6 is 0 Å². The predicted molar refractivity (Wildman–Crippen MR) is 166 cm³/mol. The second-order valence-corrected chi connectivity index (χ2v) is 11.5. The van der Waals surface area contributed by atoms with Crippen molar-refractivity contribution in [3.05, 3.63) is 103 Å². The van der Waals surface area contributed by atoms with Gasteiger partial charge in [0.1, 0.15) is 11.3 Å². The number of imidazole rings is 1. The predicted octanol–water partition coefficient (Wildman–Crippen LogP) is 5.34. The van der Waals surface area contributed by atoms with Gasteiger partial charge in [-0.25, -0.2) is 15.0 Å². The van der Waals surface area contributed by atoms with Crippen LogP contribution in [-0.2, 0) is 11.3 Å². The van der Waals surface area contributed by atoms with Crippen LogP contribution in [0.15, 0.2) is 97.7 Å². The zero-order valence-electron chi connectivity index (χ0n) is 23.5. The Bertz CT molecular complexity index is 1760. The fourth-order valence-corrected chi connectivity index (χ4v) is 6.32. The smallest absolute Gasteiger partial charge is 0.245 e. The van der Waals surface area contributed by atoms with Crippen molar-refractivity contribution < 1.29 is 4.79 Å². The molecule has 0 atom stereocenters. The zero-order valence-corrected chi connectivity index (χ0v) is 23.5. The molecule has 0 radical (unpaired) electrons. The number of nitrogen functional groups attached to an aromatic ring is 1. The Morgan fingerprint density at radius 3 is 2.40 bits per heavy atom. The molecule has 2 aliphatic rings. The third-order valence-electron chi connectivity index (χ3n) is 8.71. The Morgan fingerprint density at radius 2 is 1.69 bits per heavy atom. The molecule has 0 saturated carbocycles. The molecule has 210 valence electrons. The van der Waals surface area contributed by atoms with Crippen LogP contribution in [0.1, 0.15) is 18.4 Å². The van der Waals surface area contributed by atoms with Crippen LogP contribution in [0.25, 0.3) is 39.5 Å². The number of aromatic nitrogens is 4. The van der Waals surface area contributed by atoms with Crippen LogP contribution in [-0.4, -0.2) is 61.4 Å². The lowest BCUT2D eigenvalue weighted by Crippen LogP contribution is -2.61. The molecule has 7 rings (SSSR count). The number of nitrogens with two attached hydrogens (primary N) is 1. The summed E-state index contributed by atoms with van der Waals surface area (Å²) in [6, 6.07) is 26.7. The van der Waals surface area contributed by atoms with Gasteiger partial charge >= 0.3 is 0 Å². The van der Waals surface area contributed by atoms with E-state index in [4.69, 9.17) is 15.7 Å². The molecule has 2 N–H and O–H groups in total. The molecule has 42 heavy (non-hydrogen) atoms. The molecule has 8 heteroatoms. The summed E-state index contributed by atoms with van der Waals surface area (Å²) in [6.07, 6.45) is 5.36. The average Bonchev–Trinajstić information content (AvgIpc) is 3.39. The number of anilines is 1. The number of rotatable bonds is 6. The number of carbonyl (C=O) groups is 1. The van der Waals surface area contributed by atoms with Gasteiger partial charge in [0.05, 0.1) is 11.3 Å². The van der Waals surface area contributed by atoms with Crippen LogP contribution in [0.3, 0.4) is 0 Å². The average molecular weight is 556 g/mol. The van der Waals surface area contributed by atoms with Gasteiger partial charge in [-0.3, -0.25) is 14.3 Å². The molecule has 0 bridgehead atoms. The van der Waals surface area contributed by atoms with E-state index in [9.17, 15) is 4.79 Å². The van der Waals surface area contributed by atoms with Gasteiger partial charge in [0, 0.05) is 42.5 Å². The summed E-state index contributed by atoms with van der Waals surface area (Å²) in [7, 11) is 0. The van der Waals surface area contributed by atoms with Crippen molar-refractivity contribution in [2.24, 2.45) is 5.41 Å². The number of benzene rings is 2. The van der Waals surface area contributed by atoms with Gasteiger partial charge in [-0.15, -0.1) is 0 Å². The number of piperidine rings is 1. The standard InChI is InChI=1S/C34H33N7O/c1-2-30(42)40-22-34(23-40)16-19-39(20-17-34)21-24-10-12-26(13-11-24)41-32(27-9-6-18-36-31(27)35)38-29-15-14-28(37-33(29)41)25-7-4-3-5-8-25/h2-15,18H,1,16-17,19-23H2,(H2,35,36). The van der Waals surface area contributed by atoms with E-state index >= 15 is 0 Å². The number of likely N-dealkylation sites (tertiary alicyclic amines) is 2. The first kappa shape index (κ1) is 26.1. The Hall–Kier alpha value is -4.82. The van der Waals surface area contributed by atoms with Crippen molar-refractivity contribution in [3.63, 3.8) is 0 Å². The molecule has 2 aliphatic heterocycles. The second kappa shape index (κ2) is 10.5. The fourth-order valence-electron chi connectivity index (χ4n) is 6.32. The monoisotopic (exact) mass is 555 g/mol. The van der Waals surface area contributed by atoms with E-state index in [-0.39, 0.29) is 11.3 Å². The number of nitrogens with zero attached hydrogens (tertiary/aromatic N) is 6. The van der Waals surface area contributed by atoms with Crippen molar-refractivity contribution in [1.29, 1.82) is 0 Å². The van der Waals surface area contributed by atoms with E-state index in [1.54, 1.807) is 6.20 Å². The Morgan fingerprint density at radius 1 is 0.929 bits per heavy atom. The molecule has 8 nitrogen and oxygen atoms in total. The van der Waals surface area contributed by atoms with Gasteiger partial charge in [-0.2, -0.15) is 0 Å². The van der Waals surface area contributed by atoms with Gasteiger partial charge in [-0.05, 0) is 74.0 Å². The molecule has 1 spiro atoms. The number of fused-ring (bicyclic) bond motifs is 1. The van der Waals surface area contributed by atoms with Crippen molar-refractivity contribution in [2.75, 3.05) is 31.9 Å². The first-order chi connectivity index (χ1) is 20.5. The summed E-state index contributed by atoms with van der Waals surface area (Å²) in [5, 5.41) is 0. The van der Waals surface area contributed by atoms with E-state index in [0.717, 1.165) is 79.2 Å². The molecule has 3 aromatic heterocycles. The molecule has 2 aromatic carbocycles. The molecule has 2 fully saturated rings. The molecule has 0 aliphatic carbocycles. The van der Waals surface area contributed by atoms with Crippen LogP contribution in [0.2, 0.25) is 0 Å². The second-order valence-electron chi connectivity index (χ2n) is 11.5. The van der Waals surface area contributed by atoms with E-state index in [0.29, 0.717) is 11.6 Å². The maximum absolute atomic E-state index is 11.9. The summed E-state index contributed by atoms with van der Waals surface area (Å²) in [6.45, 7) is 8.33. The summed E-state index contributed by atoms with van der Waals surface area (Å²) in [5.74, 6) is 1.20. The Balaban J connectivity index is 1.16. The van der Waals surface area contributed by atoms with Crippen LogP contribution in [0.5, 0.6) is 0 Å². The third kappa shape index (κ3) is 4.73. The maximum atomic E-state index is 11.9. The van der Waals surface area contributed by atoms with Crippen LogP contribution in [0.4, 0.5) is 5.82 Å². The number of carbonyl (C=O) groups excluding carboxylic acids is 1. The molecular weight excluding hydrogens is 522 g/mol. The first-order valence-corrected chi connectivity index (χ1v) is 14.4. The molecule has 5 heterocycles. The van der Waals surface area contributed by atoms with E-state index < -0.39 is 0 Å². The zero-order chi connectivity index (χ0) is 28.7. The minimum Gasteiger partial charge on any atom is -0.383 e. The number of amides is 1. The lowest BCUT2D eigenvalue weighted by atomic mass is 9.72. The fraction of sp³-hybridized carbons (Fsp3) is 0.235. The van der Waals surface area contributed by atoms with Crippen LogP contribution in [0, 0.1) is 5.41 Å². The SMILES string of the molecule is C=CC(=O)N1CC2(CCN(Cc3ccc(-n4c(-c5cccnc5N)nc5ccc(-c6ccccc6)nc54)cc3)CC2)C1. The highest BCUT2D eigenvalue weighted by molar-refractivity contribution is 5.88. The third-order valence-corrected chi connectivity index (χ3v) is 8.71. The maximum Gasteiger partial charge on any atom is 0.245 e. The Kier molecular flexibility index (Phi) is 6.55. The van der Waals surface area contributed by atoms with Crippen molar-refractivity contribution in [2.45, 2.75) is 19.4 Å². The molecule has 2 saturated heterocycles. The van der Waals surface area contributed by atoms with E-state index in [1.807, 2.05) is 47.4 Å². The summed E-state index contributed by atoms with van der Waals surface area (Å²) >= 11 is 0. The quantitative estimate of drug-likeness (QED) is 0.284. The first-order valence-electron chi connectivity index (χ1n) is 14.4. The van der Waals surface area contributed by atoms with Crippen molar-refractivity contribution in [3.8, 4) is 28.3 Å². The van der Waals surface area contributed by atoms with Gasteiger partial charge in [0.2, 0.25) is 5.91 Å². The van der Waals surface area contributed by atoms with E-state index in [1.165, 1.54) is 11.6 Å². The highest BCUT2D eigenvalue weighted by atomic mass is 16.2. The normalized spacial score (nSPS) is 16.4. The Labute approximate surface area is 245 Å². The van der Waals surface area contributed by atoms with Crippen LogP contribution < -0.4 is 5.73 Å². The molecule has 1 amide bonds. The van der Waals surface area contributed by atoms with Gasteiger partial charge in [0.25, 0.3) is 0 Å². The lowest BCUT2D eigenvalue weighted by molar-refractivity contribution is -0.141. The molecule has 5 aromatic rings. The number of hydrogen-bond acceptors (Lipinski definition) is 6. The molecule has 0 unspecified atom stereocenters. The lowest BCUT2D eigenvalue weighted by Gasteiger charge is -2.53. The highest BCUT2D eigenvalue weighted by Gasteiger charge is 2.45. The minimum atomic E-state index is 0.0506. The van der Waals surface area contributed by atoms with Crippen molar-refractivity contribution >= 4 is 22.9 Å².